The van der Waals surface area contributed by atoms with Crippen LogP contribution in [-0.2, 0) is 10.0 Å². The van der Waals surface area contributed by atoms with Gasteiger partial charge in [-0.15, -0.1) is 0 Å². The quantitative estimate of drug-likeness (QED) is 0.769. The second kappa shape index (κ2) is 5.36. The van der Waals surface area contributed by atoms with Gasteiger partial charge in [0.15, 0.2) is 0 Å². The van der Waals surface area contributed by atoms with Crippen LogP contribution in [0.5, 0.6) is 0 Å². The number of nitrogens with one attached hydrogen (secondary N) is 2. The summed E-state index contributed by atoms with van der Waals surface area (Å²) in [5.74, 6) is 0. The highest BCUT2D eigenvalue weighted by Gasteiger charge is 2.11. The van der Waals surface area contributed by atoms with Gasteiger partial charge in [0.2, 0.25) is 10.0 Å². The van der Waals surface area contributed by atoms with Gasteiger partial charge in [0.05, 0.1) is 4.90 Å². The molecule has 2 amide bonds. The van der Waals surface area contributed by atoms with Gasteiger partial charge in [-0.1, -0.05) is 6.07 Å². The third-order valence-electron chi connectivity index (χ3n) is 2.21. The molecule has 0 saturated heterocycles. The van der Waals surface area contributed by atoms with Crippen LogP contribution in [0.1, 0.15) is 19.4 Å². The molecule has 0 radical (unpaired) electrons. The maximum absolute atomic E-state index is 11.5. The molecule has 0 aliphatic rings. The topological polar surface area (TPSA) is 101 Å². The van der Waals surface area contributed by atoms with Gasteiger partial charge in [-0.05, 0) is 38.5 Å². The van der Waals surface area contributed by atoms with E-state index in [1.165, 1.54) is 12.1 Å². The van der Waals surface area contributed by atoms with Gasteiger partial charge < -0.3 is 10.6 Å². The van der Waals surface area contributed by atoms with E-state index in [2.05, 4.69) is 10.6 Å². The van der Waals surface area contributed by atoms with Crippen molar-refractivity contribution >= 4 is 21.7 Å². The van der Waals surface area contributed by atoms with E-state index in [-0.39, 0.29) is 17.0 Å². The SMILES string of the molecule is Cc1ccc(S(N)(=O)=O)cc1NC(=O)NC(C)C. The molecule has 6 nitrogen and oxygen atoms in total. The number of aryl methyl sites for hydroxylation is 1. The first kappa shape index (κ1) is 14.5. The van der Waals surface area contributed by atoms with E-state index in [0.29, 0.717) is 5.69 Å². The maximum atomic E-state index is 11.5. The molecule has 7 heteroatoms. The molecule has 1 aromatic rings. The van der Waals surface area contributed by atoms with E-state index >= 15 is 0 Å². The van der Waals surface area contributed by atoms with Gasteiger partial charge in [-0.3, -0.25) is 0 Å². The summed E-state index contributed by atoms with van der Waals surface area (Å²) in [7, 11) is -3.77. The Morgan fingerprint density at radius 3 is 2.44 bits per heavy atom. The third-order valence-corrected chi connectivity index (χ3v) is 3.12. The predicted molar refractivity (Wildman–Crippen MR) is 69.8 cm³/mol. The molecule has 0 atom stereocenters. The number of nitrogens with two attached hydrogens (primary N) is 1. The van der Waals surface area contributed by atoms with Crippen LogP contribution in [0, 0.1) is 6.92 Å². The smallest absolute Gasteiger partial charge is 0.319 e. The number of amides is 2. The van der Waals surface area contributed by atoms with Gasteiger partial charge in [-0.25, -0.2) is 18.4 Å². The van der Waals surface area contributed by atoms with E-state index in [1.54, 1.807) is 13.0 Å². The summed E-state index contributed by atoms with van der Waals surface area (Å²) >= 11 is 0. The Morgan fingerprint density at radius 1 is 1.33 bits per heavy atom. The fourth-order valence-corrected chi connectivity index (χ4v) is 1.87. The summed E-state index contributed by atoms with van der Waals surface area (Å²) in [6.45, 7) is 5.41. The van der Waals surface area contributed by atoms with Crippen molar-refractivity contribution in [3.63, 3.8) is 0 Å². The lowest BCUT2D eigenvalue weighted by atomic mass is 10.2. The number of sulfonamides is 1. The van der Waals surface area contributed by atoms with Crippen molar-refractivity contribution in [2.75, 3.05) is 5.32 Å². The summed E-state index contributed by atoms with van der Waals surface area (Å²) in [6.07, 6.45) is 0. The Morgan fingerprint density at radius 2 is 1.94 bits per heavy atom. The van der Waals surface area contributed by atoms with Crippen LogP contribution in [0.25, 0.3) is 0 Å². The van der Waals surface area contributed by atoms with Crippen LogP contribution >= 0.6 is 0 Å². The van der Waals surface area contributed by atoms with Crippen LogP contribution in [0.2, 0.25) is 0 Å². The van der Waals surface area contributed by atoms with Crippen molar-refractivity contribution in [1.29, 1.82) is 0 Å². The molecule has 0 aliphatic carbocycles. The zero-order valence-corrected chi connectivity index (χ0v) is 11.3. The van der Waals surface area contributed by atoms with E-state index in [4.69, 9.17) is 5.14 Å². The highest BCUT2D eigenvalue weighted by Crippen LogP contribution is 2.19. The van der Waals surface area contributed by atoms with Gasteiger partial charge in [-0.2, -0.15) is 0 Å². The largest absolute Gasteiger partial charge is 0.336 e. The van der Waals surface area contributed by atoms with Crippen LogP contribution < -0.4 is 15.8 Å². The first-order valence-corrected chi connectivity index (χ1v) is 6.96. The van der Waals surface area contributed by atoms with E-state index < -0.39 is 10.0 Å². The summed E-state index contributed by atoms with van der Waals surface area (Å²) in [5, 5.41) is 10.3. The van der Waals surface area contributed by atoms with Crippen molar-refractivity contribution in [1.82, 2.24) is 5.32 Å². The molecule has 0 spiro atoms. The van der Waals surface area contributed by atoms with Crippen molar-refractivity contribution in [3.05, 3.63) is 23.8 Å². The second-order valence-electron chi connectivity index (χ2n) is 4.27. The van der Waals surface area contributed by atoms with Crippen molar-refractivity contribution in [2.45, 2.75) is 31.7 Å². The normalized spacial score (nSPS) is 11.4. The first-order chi connectivity index (χ1) is 8.20. The molecule has 18 heavy (non-hydrogen) atoms. The molecular weight excluding hydrogens is 254 g/mol. The summed E-state index contributed by atoms with van der Waals surface area (Å²) in [6, 6.07) is 3.93. The van der Waals surface area contributed by atoms with Crippen LogP contribution in [-0.4, -0.2) is 20.5 Å². The Labute approximate surface area is 107 Å². The molecule has 0 unspecified atom stereocenters. The van der Waals surface area contributed by atoms with Crippen LogP contribution in [0.3, 0.4) is 0 Å². The van der Waals surface area contributed by atoms with Gasteiger partial charge in [0, 0.05) is 11.7 Å². The molecule has 0 bridgehead atoms. The summed E-state index contributed by atoms with van der Waals surface area (Å²) in [4.78, 5) is 11.5. The monoisotopic (exact) mass is 271 g/mol. The Kier molecular flexibility index (Phi) is 4.31. The van der Waals surface area contributed by atoms with E-state index in [0.717, 1.165) is 5.56 Å². The predicted octanol–water partition coefficient (Wildman–Crippen LogP) is 1.17. The number of carbonyl (C=O) groups excluding carboxylic acids is 1. The summed E-state index contributed by atoms with van der Waals surface area (Å²) < 4.78 is 22.4. The molecule has 1 aromatic carbocycles. The molecule has 100 valence electrons. The number of hydrogen-bond donors (Lipinski definition) is 3. The minimum Gasteiger partial charge on any atom is -0.336 e. The van der Waals surface area contributed by atoms with Crippen molar-refractivity contribution in [3.8, 4) is 0 Å². The van der Waals surface area contributed by atoms with Crippen molar-refractivity contribution < 1.29 is 13.2 Å². The second-order valence-corrected chi connectivity index (χ2v) is 5.84. The van der Waals surface area contributed by atoms with Gasteiger partial charge in [0.25, 0.3) is 0 Å². The van der Waals surface area contributed by atoms with Crippen molar-refractivity contribution in [2.24, 2.45) is 5.14 Å². The number of primary sulfonamides is 1. The average Bonchev–Trinajstić information content (AvgIpc) is 2.18. The fourth-order valence-electron chi connectivity index (χ4n) is 1.33. The molecule has 0 heterocycles. The van der Waals surface area contributed by atoms with Crippen LogP contribution in [0.15, 0.2) is 23.1 Å². The molecule has 0 aromatic heterocycles. The Balaban J connectivity index is 2.99. The van der Waals surface area contributed by atoms with Gasteiger partial charge in [0.1, 0.15) is 0 Å². The lowest BCUT2D eigenvalue weighted by Crippen LogP contribution is -2.34. The molecule has 4 N–H and O–H groups in total. The highest BCUT2D eigenvalue weighted by atomic mass is 32.2. The third kappa shape index (κ3) is 4.01. The standard InChI is InChI=1S/C11H17N3O3S/c1-7(2)13-11(15)14-10-6-9(18(12,16)17)5-4-8(10)3/h4-7H,1-3H3,(H2,12,16,17)(H2,13,14,15). The minimum absolute atomic E-state index is 0.00766. The minimum atomic E-state index is -3.77. The number of carbonyl (C=O) groups is 1. The fraction of sp³-hybridized carbons (Fsp3) is 0.364. The van der Waals surface area contributed by atoms with E-state index in [9.17, 15) is 13.2 Å². The lowest BCUT2D eigenvalue weighted by molar-refractivity contribution is 0.250. The number of rotatable bonds is 3. The number of urea groups is 1. The number of anilines is 1. The molecule has 0 aliphatic heterocycles. The highest BCUT2D eigenvalue weighted by molar-refractivity contribution is 7.89. The Hall–Kier alpha value is -1.60. The molecule has 0 saturated carbocycles. The lowest BCUT2D eigenvalue weighted by Gasteiger charge is -2.12. The zero-order valence-electron chi connectivity index (χ0n) is 10.5. The first-order valence-electron chi connectivity index (χ1n) is 5.41. The molecule has 1 rings (SSSR count). The van der Waals surface area contributed by atoms with Gasteiger partial charge >= 0.3 is 6.03 Å². The molecular formula is C11H17N3O3S. The van der Waals surface area contributed by atoms with Crippen LogP contribution in [0.4, 0.5) is 10.5 Å². The van der Waals surface area contributed by atoms with E-state index in [1.807, 2.05) is 13.8 Å². The maximum Gasteiger partial charge on any atom is 0.319 e. The number of hydrogen-bond acceptors (Lipinski definition) is 3. The molecule has 0 fully saturated rings. The average molecular weight is 271 g/mol. The summed E-state index contributed by atoms with van der Waals surface area (Å²) in [5.41, 5.74) is 1.17. The number of benzene rings is 1. The Bertz CT molecular complexity index is 553. The zero-order chi connectivity index (χ0) is 13.9.